The number of benzene rings is 2. The molecule has 0 saturated heterocycles. The third kappa shape index (κ3) is 2.59. The van der Waals surface area contributed by atoms with Crippen molar-refractivity contribution in [1.82, 2.24) is 0 Å². The van der Waals surface area contributed by atoms with E-state index in [1.165, 1.54) is 24.3 Å². The fourth-order valence-electron chi connectivity index (χ4n) is 1.73. The van der Waals surface area contributed by atoms with Crippen LogP contribution in [0.4, 0.5) is 14.5 Å². The predicted octanol–water partition coefficient (Wildman–Crippen LogP) is 3.59. The van der Waals surface area contributed by atoms with Gasteiger partial charge in [-0.3, -0.25) is 0 Å². The first-order valence-electron chi connectivity index (χ1n) is 5.54. The molecule has 0 amide bonds. The monoisotopic (exact) mass is 249 g/mol. The van der Waals surface area contributed by atoms with Gasteiger partial charge in [0.15, 0.2) is 0 Å². The summed E-state index contributed by atoms with van der Waals surface area (Å²) in [4.78, 5) is 0. The van der Waals surface area contributed by atoms with E-state index in [2.05, 4.69) is 5.32 Å². The number of halogens is 2. The van der Waals surface area contributed by atoms with Crippen molar-refractivity contribution in [3.05, 3.63) is 59.2 Å². The van der Waals surface area contributed by atoms with Gasteiger partial charge in [-0.05, 0) is 42.8 Å². The van der Waals surface area contributed by atoms with E-state index < -0.39 is 11.6 Å². The van der Waals surface area contributed by atoms with Crippen LogP contribution in [0.3, 0.4) is 0 Å². The Morgan fingerprint density at radius 1 is 1.11 bits per heavy atom. The second-order valence-corrected chi connectivity index (χ2v) is 4.05. The van der Waals surface area contributed by atoms with E-state index in [0.717, 1.165) is 11.3 Å². The van der Waals surface area contributed by atoms with E-state index in [4.69, 9.17) is 0 Å². The molecule has 2 aromatic rings. The topological polar surface area (TPSA) is 32.3 Å². The third-order valence-electron chi connectivity index (χ3n) is 2.73. The molecule has 0 unspecified atom stereocenters. The average Bonchev–Trinajstić information content (AvgIpc) is 2.31. The maximum atomic E-state index is 13.4. The van der Waals surface area contributed by atoms with Gasteiger partial charge in [0.25, 0.3) is 0 Å². The molecule has 0 fully saturated rings. The van der Waals surface area contributed by atoms with Gasteiger partial charge in [0.1, 0.15) is 17.4 Å². The van der Waals surface area contributed by atoms with Gasteiger partial charge in [-0.25, -0.2) is 8.78 Å². The van der Waals surface area contributed by atoms with E-state index >= 15 is 0 Å². The smallest absolute Gasteiger partial charge is 0.131 e. The van der Waals surface area contributed by atoms with Gasteiger partial charge < -0.3 is 10.4 Å². The van der Waals surface area contributed by atoms with Gasteiger partial charge in [0.05, 0.1) is 0 Å². The summed E-state index contributed by atoms with van der Waals surface area (Å²) in [5, 5.41) is 12.2. The van der Waals surface area contributed by atoms with Crippen LogP contribution in [0.1, 0.15) is 11.1 Å². The van der Waals surface area contributed by atoms with Crippen LogP contribution in [0.15, 0.2) is 36.4 Å². The molecule has 0 aromatic heterocycles. The lowest BCUT2D eigenvalue weighted by atomic mass is 10.1. The number of hydrogen-bond acceptors (Lipinski definition) is 2. The van der Waals surface area contributed by atoms with Crippen molar-refractivity contribution >= 4 is 5.69 Å². The van der Waals surface area contributed by atoms with Gasteiger partial charge in [0, 0.05) is 17.8 Å². The first-order chi connectivity index (χ1) is 8.58. The Kier molecular flexibility index (Phi) is 3.46. The predicted molar refractivity (Wildman–Crippen MR) is 66.5 cm³/mol. The molecule has 0 aliphatic rings. The molecular formula is C14H13F2NO. The highest BCUT2D eigenvalue weighted by atomic mass is 19.1. The lowest BCUT2D eigenvalue weighted by Gasteiger charge is -2.11. The second-order valence-electron chi connectivity index (χ2n) is 4.05. The number of phenolic OH excluding ortho intramolecular Hbond substituents is 1. The van der Waals surface area contributed by atoms with Crippen LogP contribution in [-0.2, 0) is 6.54 Å². The molecule has 18 heavy (non-hydrogen) atoms. The first-order valence-corrected chi connectivity index (χ1v) is 5.54. The number of aryl methyl sites for hydroxylation is 1. The van der Waals surface area contributed by atoms with Crippen molar-refractivity contribution in [2.45, 2.75) is 13.5 Å². The zero-order chi connectivity index (χ0) is 13.1. The summed E-state index contributed by atoms with van der Waals surface area (Å²) >= 11 is 0. The molecule has 4 heteroatoms. The van der Waals surface area contributed by atoms with Crippen molar-refractivity contribution in [1.29, 1.82) is 0 Å². The van der Waals surface area contributed by atoms with E-state index in [0.29, 0.717) is 0 Å². The summed E-state index contributed by atoms with van der Waals surface area (Å²) in [5.41, 5.74) is 1.55. The van der Waals surface area contributed by atoms with Crippen LogP contribution in [0.25, 0.3) is 0 Å². The first kappa shape index (κ1) is 12.4. The molecule has 94 valence electrons. The van der Waals surface area contributed by atoms with Crippen molar-refractivity contribution < 1.29 is 13.9 Å². The van der Waals surface area contributed by atoms with Crippen LogP contribution in [0.2, 0.25) is 0 Å². The average molecular weight is 249 g/mol. The van der Waals surface area contributed by atoms with Crippen LogP contribution in [0.5, 0.6) is 5.75 Å². The summed E-state index contributed by atoms with van der Waals surface area (Å²) in [6, 6.07) is 8.56. The van der Waals surface area contributed by atoms with Crippen molar-refractivity contribution in [2.24, 2.45) is 0 Å². The van der Waals surface area contributed by atoms with Crippen LogP contribution in [0, 0.1) is 18.6 Å². The Bertz CT molecular complexity index is 549. The lowest BCUT2D eigenvalue weighted by Crippen LogP contribution is -2.05. The zero-order valence-electron chi connectivity index (χ0n) is 9.87. The van der Waals surface area contributed by atoms with Crippen LogP contribution in [-0.4, -0.2) is 5.11 Å². The molecule has 0 heterocycles. The number of hydrogen-bond donors (Lipinski definition) is 2. The van der Waals surface area contributed by atoms with Gasteiger partial charge >= 0.3 is 0 Å². The summed E-state index contributed by atoms with van der Waals surface area (Å²) in [7, 11) is 0. The van der Waals surface area contributed by atoms with Crippen LogP contribution >= 0.6 is 0 Å². The Balaban J connectivity index is 2.16. The van der Waals surface area contributed by atoms with E-state index in [1.54, 1.807) is 19.1 Å². The van der Waals surface area contributed by atoms with E-state index in [-0.39, 0.29) is 17.9 Å². The normalized spacial score (nSPS) is 10.4. The van der Waals surface area contributed by atoms with Gasteiger partial charge in [-0.1, -0.05) is 6.07 Å². The maximum absolute atomic E-state index is 13.4. The van der Waals surface area contributed by atoms with Gasteiger partial charge in [-0.15, -0.1) is 0 Å². The Labute approximate surface area is 104 Å². The zero-order valence-corrected chi connectivity index (χ0v) is 9.87. The summed E-state index contributed by atoms with van der Waals surface area (Å²) in [5.74, 6) is -0.979. The lowest BCUT2D eigenvalue weighted by molar-refractivity contribution is 0.475. The number of nitrogens with one attached hydrogen (secondary N) is 1. The SMILES string of the molecule is Cc1cc(O)ccc1NCc1c(F)cccc1F. The van der Waals surface area contributed by atoms with Crippen molar-refractivity contribution in [2.75, 3.05) is 5.32 Å². The number of rotatable bonds is 3. The molecule has 0 spiro atoms. The third-order valence-corrected chi connectivity index (χ3v) is 2.73. The molecular weight excluding hydrogens is 236 g/mol. The van der Waals surface area contributed by atoms with Gasteiger partial charge in [-0.2, -0.15) is 0 Å². The molecule has 0 radical (unpaired) electrons. The summed E-state index contributed by atoms with van der Waals surface area (Å²) in [6.45, 7) is 1.86. The Morgan fingerprint density at radius 3 is 2.39 bits per heavy atom. The largest absolute Gasteiger partial charge is 0.508 e. The Hall–Kier alpha value is -2.10. The highest BCUT2D eigenvalue weighted by Crippen LogP contribution is 2.21. The summed E-state index contributed by atoms with van der Waals surface area (Å²) in [6.07, 6.45) is 0. The highest BCUT2D eigenvalue weighted by Gasteiger charge is 2.08. The van der Waals surface area contributed by atoms with Gasteiger partial charge in [0.2, 0.25) is 0 Å². The van der Waals surface area contributed by atoms with E-state index in [1.807, 2.05) is 0 Å². The number of anilines is 1. The number of aromatic hydroxyl groups is 1. The molecule has 0 saturated carbocycles. The maximum Gasteiger partial charge on any atom is 0.131 e. The molecule has 2 N–H and O–H groups in total. The van der Waals surface area contributed by atoms with Crippen molar-refractivity contribution in [3.63, 3.8) is 0 Å². The van der Waals surface area contributed by atoms with Crippen LogP contribution < -0.4 is 5.32 Å². The summed E-state index contributed by atoms with van der Waals surface area (Å²) < 4.78 is 26.8. The fourth-order valence-corrected chi connectivity index (χ4v) is 1.73. The molecule has 0 aliphatic heterocycles. The van der Waals surface area contributed by atoms with Crippen molar-refractivity contribution in [3.8, 4) is 5.75 Å². The minimum absolute atomic E-state index is 0.00461. The molecule has 0 atom stereocenters. The minimum Gasteiger partial charge on any atom is -0.508 e. The number of phenols is 1. The van der Waals surface area contributed by atoms with E-state index in [9.17, 15) is 13.9 Å². The molecule has 0 aliphatic carbocycles. The highest BCUT2D eigenvalue weighted by molar-refractivity contribution is 5.53. The second kappa shape index (κ2) is 5.04. The molecule has 2 aromatic carbocycles. The molecule has 0 bridgehead atoms. The minimum atomic E-state index is -0.570. The fraction of sp³-hybridized carbons (Fsp3) is 0.143. The standard InChI is InChI=1S/C14H13F2NO/c1-9-7-10(18)5-6-14(9)17-8-11-12(15)3-2-4-13(11)16/h2-7,17-18H,8H2,1H3. The molecule has 2 nitrogen and oxygen atoms in total. The Morgan fingerprint density at radius 2 is 1.78 bits per heavy atom. The molecule has 2 rings (SSSR count). The quantitative estimate of drug-likeness (QED) is 0.815.